The summed E-state index contributed by atoms with van der Waals surface area (Å²) < 4.78 is 0. The molecule has 3 N–H and O–H groups in total. The van der Waals surface area contributed by atoms with E-state index in [0.29, 0.717) is 11.9 Å². The molecule has 0 amide bonds. The highest BCUT2D eigenvalue weighted by Gasteiger charge is 2.21. The van der Waals surface area contributed by atoms with Gasteiger partial charge in [0.1, 0.15) is 5.82 Å². The van der Waals surface area contributed by atoms with Gasteiger partial charge in [0.15, 0.2) is 0 Å². The smallest absolute Gasteiger partial charge is 0.222 e. The molecule has 0 spiro atoms. The van der Waals surface area contributed by atoms with Crippen LogP contribution in [0.3, 0.4) is 0 Å². The molecule has 1 saturated heterocycles. The minimum atomic E-state index is 0.327. The number of benzene rings is 1. The molecule has 1 atom stereocenters. The van der Waals surface area contributed by atoms with E-state index in [9.17, 15) is 0 Å². The fraction of sp³-hybridized carbons (Fsp3) is 0.467. The van der Waals surface area contributed by atoms with Gasteiger partial charge in [-0.25, -0.2) is 4.98 Å². The zero-order valence-corrected chi connectivity index (χ0v) is 11.8. The van der Waals surface area contributed by atoms with Crippen LogP contribution in [-0.2, 0) is 0 Å². The maximum absolute atomic E-state index is 5.78. The van der Waals surface area contributed by atoms with Crippen molar-refractivity contribution < 1.29 is 0 Å². The number of anilines is 2. The van der Waals surface area contributed by atoms with Gasteiger partial charge in [-0.15, -0.1) is 0 Å². The van der Waals surface area contributed by atoms with Crippen LogP contribution in [0.5, 0.6) is 0 Å². The molecule has 3 rings (SSSR count). The predicted molar refractivity (Wildman–Crippen MR) is 82.7 cm³/mol. The summed E-state index contributed by atoms with van der Waals surface area (Å²) >= 11 is 0. The molecule has 1 aliphatic heterocycles. The molecular formula is C15H21N5. The lowest BCUT2D eigenvalue weighted by molar-refractivity contribution is 0.345. The van der Waals surface area contributed by atoms with Gasteiger partial charge >= 0.3 is 0 Å². The van der Waals surface area contributed by atoms with Gasteiger partial charge in [-0.2, -0.15) is 4.98 Å². The van der Waals surface area contributed by atoms with Gasteiger partial charge in [0.25, 0.3) is 0 Å². The van der Waals surface area contributed by atoms with E-state index in [1.807, 2.05) is 24.3 Å². The van der Waals surface area contributed by atoms with Gasteiger partial charge in [0.2, 0.25) is 5.95 Å². The maximum atomic E-state index is 5.78. The molecule has 5 nitrogen and oxygen atoms in total. The number of aromatic nitrogens is 2. The van der Waals surface area contributed by atoms with Crippen LogP contribution in [-0.4, -0.2) is 41.0 Å². The van der Waals surface area contributed by atoms with Gasteiger partial charge in [0.05, 0.1) is 5.52 Å². The zero-order chi connectivity index (χ0) is 13.9. The molecule has 1 aromatic carbocycles. The topological polar surface area (TPSA) is 67.1 Å². The van der Waals surface area contributed by atoms with Crippen molar-refractivity contribution in [2.24, 2.45) is 5.92 Å². The minimum Gasteiger partial charge on any atom is -0.369 e. The van der Waals surface area contributed by atoms with E-state index in [1.165, 1.54) is 19.5 Å². The van der Waals surface area contributed by atoms with Crippen LogP contribution in [0.25, 0.3) is 10.9 Å². The Bertz CT molecular complexity index is 598. The van der Waals surface area contributed by atoms with Crippen LogP contribution in [0.4, 0.5) is 11.8 Å². The Balaban J connectivity index is 1.74. The highest BCUT2D eigenvalue weighted by Crippen LogP contribution is 2.22. The fourth-order valence-corrected chi connectivity index (χ4v) is 2.84. The molecule has 1 aliphatic rings. The second kappa shape index (κ2) is 5.63. The standard InChI is InChI=1S/C15H21N5/c1-2-20-8-7-11(10-20)9-17-14-12-5-3-4-6-13(12)18-15(16)19-14/h3-6,11H,2,7-10H2,1H3,(H3,16,17,18,19). The van der Waals surface area contributed by atoms with E-state index >= 15 is 0 Å². The fourth-order valence-electron chi connectivity index (χ4n) is 2.84. The summed E-state index contributed by atoms with van der Waals surface area (Å²) in [7, 11) is 0. The Labute approximate surface area is 119 Å². The third-order valence-corrected chi connectivity index (χ3v) is 4.00. The molecule has 1 unspecified atom stereocenters. The molecule has 1 aromatic heterocycles. The van der Waals surface area contributed by atoms with Crippen LogP contribution in [0.15, 0.2) is 24.3 Å². The van der Waals surface area contributed by atoms with Gasteiger partial charge in [-0.1, -0.05) is 19.1 Å². The number of para-hydroxylation sites is 1. The highest BCUT2D eigenvalue weighted by molar-refractivity contribution is 5.89. The number of fused-ring (bicyclic) bond motifs is 1. The lowest BCUT2D eigenvalue weighted by Crippen LogP contribution is -2.22. The predicted octanol–water partition coefficient (Wildman–Crippen LogP) is 1.97. The van der Waals surface area contributed by atoms with Crippen LogP contribution in [0, 0.1) is 5.92 Å². The van der Waals surface area contributed by atoms with Crippen molar-refractivity contribution in [2.45, 2.75) is 13.3 Å². The maximum Gasteiger partial charge on any atom is 0.222 e. The Hall–Kier alpha value is -1.88. The summed E-state index contributed by atoms with van der Waals surface area (Å²) in [6.45, 7) is 6.67. The van der Waals surface area contributed by atoms with Crippen LogP contribution in [0.1, 0.15) is 13.3 Å². The quantitative estimate of drug-likeness (QED) is 0.890. The van der Waals surface area contributed by atoms with E-state index in [-0.39, 0.29) is 0 Å². The number of hydrogen-bond acceptors (Lipinski definition) is 5. The number of nitrogens with two attached hydrogens (primary N) is 1. The molecule has 2 aromatic rings. The molecule has 2 heterocycles. The molecular weight excluding hydrogens is 250 g/mol. The molecule has 20 heavy (non-hydrogen) atoms. The SMILES string of the molecule is CCN1CCC(CNc2nc(N)nc3ccccc23)C1. The number of likely N-dealkylation sites (tertiary alicyclic amines) is 1. The Morgan fingerprint density at radius 2 is 2.20 bits per heavy atom. The number of hydrogen-bond donors (Lipinski definition) is 2. The summed E-state index contributed by atoms with van der Waals surface area (Å²) in [4.78, 5) is 11.1. The van der Waals surface area contributed by atoms with E-state index < -0.39 is 0 Å². The number of nitrogens with one attached hydrogen (secondary N) is 1. The first-order valence-corrected chi connectivity index (χ1v) is 7.24. The first-order chi connectivity index (χ1) is 9.76. The largest absolute Gasteiger partial charge is 0.369 e. The number of nitrogens with zero attached hydrogens (tertiary/aromatic N) is 3. The monoisotopic (exact) mass is 271 g/mol. The average Bonchev–Trinajstić information content (AvgIpc) is 2.92. The highest BCUT2D eigenvalue weighted by atomic mass is 15.2. The van der Waals surface area contributed by atoms with Gasteiger partial charge in [-0.05, 0) is 37.6 Å². The summed E-state index contributed by atoms with van der Waals surface area (Å²) in [6.07, 6.45) is 1.25. The summed E-state index contributed by atoms with van der Waals surface area (Å²) in [6, 6.07) is 7.97. The minimum absolute atomic E-state index is 0.327. The summed E-state index contributed by atoms with van der Waals surface area (Å²) in [5.74, 6) is 1.86. The molecule has 0 saturated carbocycles. The van der Waals surface area contributed by atoms with Gasteiger partial charge in [-0.3, -0.25) is 0 Å². The second-order valence-corrected chi connectivity index (χ2v) is 5.38. The van der Waals surface area contributed by atoms with Gasteiger partial charge < -0.3 is 16.0 Å². The van der Waals surface area contributed by atoms with Crippen molar-refractivity contribution in [1.29, 1.82) is 0 Å². The lowest BCUT2D eigenvalue weighted by Gasteiger charge is -2.15. The van der Waals surface area contributed by atoms with Crippen molar-refractivity contribution >= 4 is 22.7 Å². The number of rotatable bonds is 4. The first-order valence-electron chi connectivity index (χ1n) is 7.24. The Morgan fingerprint density at radius 1 is 1.35 bits per heavy atom. The summed E-state index contributed by atoms with van der Waals surface area (Å²) in [5, 5.41) is 4.49. The van der Waals surface area contributed by atoms with Gasteiger partial charge in [0, 0.05) is 18.5 Å². The van der Waals surface area contributed by atoms with Crippen molar-refractivity contribution in [2.75, 3.05) is 37.2 Å². The van der Waals surface area contributed by atoms with Crippen LogP contribution in [0.2, 0.25) is 0 Å². The Morgan fingerprint density at radius 3 is 3.00 bits per heavy atom. The molecule has 0 bridgehead atoms. The third-order valence-electron chi connectivity index (χ3n) is 4.00. The lowest BCUT2D eigenvalue weighted by atomic mass is 10.1. The van der Waals surface area contributed by atoms with Crippen molar-refractivity contribution in [1.82, 2.24) is 14.9 Å². The first kappa shape index (κ1) is 13.1. The molecule has 1 fully saturated rings. The summed E-state index contributed by atoms with van der Waals surface area (Å²) in [5.41, 5.74) is 6.67. The van der Waals surface area contributed by atoms with Crippen LogP contribution >= 0.6 is 0 Å². The van der Waals surface area contributed by atoms with Crippen molar-refractivity contribution in [3.63, 3.8) is 0 Å². The Kier molecular flexibility index (Phi) is 3.69. The molecule has 106 valence electrons. The van der Waals surface area contributed by atoms with E-state index in [0.717, 1.165) is 29.8 Å². The van der Waals surface area contributed by atoms with Crippen LogP contribution < -0.4 is 11.1 Å². The molecule has 0 radical (unpaired) electrons. The third kappa shape index (κ3) is 2.67. The average molecular weight is 271 g/mol. The normalized spacial score (nSPS) is 19.6. The van der Waals surface area contributed by atoms with E-state index in [1.54, 1.807) is 0 Å². The van der Waals surface area contributed by atoms with E-state index in [2.05, 4.69) is 27.1 Å². The van der Waals surface area contributed by atoms with Crippen molar-refractivity contribution in [3.05, 3.63) is 24.3 Å². The molecule has 5 heteroatoms. The molecule has 0 aliphatic carbocycles. The van der Waals surface area contributed by atoms with Crippen molar-refractivity contribution in [3.8, 4) is 0 Å². The van der Waals surface area contributed by atoms with E-state index in [4.69, 9.17) is 5.73 Å². The zero-order valence-electron chi connectivity index (χ0n) is 11.8. The number of nitrogen functional groups attached to an aromatic ring is 1. The second-order valence-electron chi connectivity index (χ2n) is 5.38.